The number of amides is 1. The van der Waals surface area contributed by atoms with Gasteiger partial charge in [0.05, 0.1) is 0 Å². The van der Waals surface area contributed by atoms with E-state index in [1.165, 1.54) is 12.1 Å². The van der Waals surface area contributed by atoms with Crippen LogP contribution in [0.1, 0.15) is 23.9 Å². The van der Waals surface area contributed by atoms with E-state index < -0.39 is 5.82 Å². The van der Waals surface area contributed by atoms with Gasteiger partial charge in [0.2, 0.25) is 0 Å². The molecule has 0 aliphatic carbocycles. The van der Waals surface area contributed by atoms with Crippen molar-refractivity contribution in [2.24, 2.45) is 0 Å². The van der Waals surface area contributed by atoms with Crippen molar-refractivity contribution in [1.29, 1.82) is 0 Å². The highest BCUT2D eigenvalue weighted by Gasteiger charge is 2.29. The maximum absolute atomic E-state index is 13.5. The molecule has 0 N–H and O–H groups in total. The highest BCUT2D eigenvalue weighted by Crippen LogP contribution is 2.25. The van der Waals surface area contributed by atoms with Crippen molar-refractivity contribution in [3.8, 4) is 5.75 Å². The van der Waals surface area contributed by atoms with Crippen molar-refractivity contribution in [2.75, 3.05) is 19.7 Å². The molecule has 0 bridgehead atoms. The normalized spacial score (nSPS) is 17.3. The summed E-state index contributed by atoms with van der Waals surface area (Å²) < 4.78 is 18.7. The van der Waals surface area contributed by atoms with Gasteiger partial charge in [-0.1, -0.05) is 12.1 Å². The first-order valence-corrected chi connectivity index (χ1v) is 7.58. The largest absolute Gasteiger partial charge is 0.481 e. The molecule has 1 amide bonds. The second-order valence-corrected chi connectivity index (χ2v) is 5.60. The van der Waals surface area contributed by atoms with Gasteiger partial charge in [-0.2, -0.15) is 0 Å². The summed E-state index contributed by atoms with van der Waals surface area (Å²) in [5.74, 6) is 0.400. The predicted molar refractivity (Wildman–Crippen MR) is 82.6 cm³/mol. The van der Waals surface area contributed by atoms with Gasteiger partial charge in [0.25, 0.3) is 5.91 Å². The zero-order valence-electron chi connectivity index (χ0n) is 12.9. The molecule has 1 aromatic heterocycles. The number of carbonyl (C=O) groups is 1. The van der Waals surface area contributed by atoms with Gasteiger partial charge >= 0.3 is 0 Å². The van der Waals surface area contributed by atoms with Gasteiger partial charge in [0.1, 0.15) is 5.82 Å². The van der Waals surface area contributed by atoms with Gasteiger partial charge in [-0.25, -0.2) is 14.4 Å². The number of hydrogen-bond donors (Lipinski definition) is 0. The fraction of sp³-hybridized carbons (Fsp3) is 0.353. The van der Waals surface area contributed by atoms with E-state index in [2.05, 4.69) is 9.97 Å². The quantitative estimate of drug-likeness (QED) is 0.869. The van der Waals surface area contributed by atoms with E-state index >= 15 is 0 Å². The van der Waals surface area contributed by atoms with E-state index in [4.69, 9.17) is 4.74 Å². The molecule has 3 rings (SSSR count). The summed E-state index contributed by atoms with van der Waals surface area (Å²) >= 11 is 0. The van der Waals surface area contributed by atoms with E-state index in [-0.39, 0.29) is 24.2 Å². The molecule has 2 aromatic rings. The molecule has 6 heteroatoms. The lowest BCUT2D eigenvalue weighted by Crippen LogP contribution is -2.33. The first-order chi connectivity index (χ1) is 11.1. The van der Waals surface area contributed by atoms with Crippen LogP contribution in [0, 0.1) is 12.7 Å². The van der Waals surface area contributed by atoms with Crippen LogP contribution in [0.5, 0.6) is 5.75 Å². The van der Waals surface area contributed by atoms with Crippen molar-refractivity contribution < 1.29 is 13.9 Å². The molecule has 0 radical (unpaired) electrons. The maximum atomic E-state index is 13.5. The highest BCUT2D eigenvalue weighted by molar-refractivity contribution is 5.78. The van der Waals surface area contributed by atoms with Crippen molar-refractivity contribution in [3.63, 3.8) is 0 Å². The van der Waals surface area contributed by atoms with Crippen molar-refractivity contribution in [3.05, 3.63) is 53.9 Å². The first-order valence-electron chi connectivity index (χ1n) is 7.58. The summed E-state index contributed by atoms with van der Waals surface area (Å²) in [6.45, 7) is 2.97. The van der Waals surface area contributed by atoms with Gasteiger partial charge in [-0.3, -0.25) is 4.79 Å². The third-order valence-corrected chi connectivity index (χ3v) is 3.91. The van der Waals surface area contributed by atoms with Crippen LogP contribution in [-0.4, -0.2) is 40.5 Å². The molecule has 2 heterocycles. The fourth-order valence-corrected chi connectivity index (χ4v) is 2.66. The third kappa shape index (κ3) is 3.64. The van der Waals surface area contributed by atoms with Crippen LogP contribution in [0.15, 0.2) is 36.5 Å². The van der Waals surface area contributed by atoms with Crippen LogP contribution in [0.25, 0.3) is 0 Å². The van der Waals surface area contributed by atoms with Gasteiger partial charge in [0.15, 0.2) is 18.2 Å². The van der Waals surface area contributed by atoms with E-state index in [0.29, 0.717) is 13.1 Å². The number of aromatic nitrogens is 2. The molecular weight excluding hydrogens is 297 g/mol. The molecule has 1 aliphatic heterocycles. The molecule has 0 unspecified atom stereocenters. The number of ether oxygens (including phenoxy) is 1. The number of halogens is 1. The highest BCUT2D eigenvalue weighted by atomic mass is 19.1. The van der Waals surface area contributed by atoms with Crippen LogP contribution in [0.3, 0.4) is 0 Å². The first kappa shape index (κ1) is 15.4. The molecule has 1 aliphatic rings. The van der Waals surface area contributed by atoms with Gasteiger partial charge in [-0.05, 0) is 31.5 Å². The van der Waals surface area contributed by atoms with Gasteiger partial charge in [0, 0.05) is 30.9 Å². The minimum atomic E-state index is -0.465. The number of rotatable bonds is 4. The van der Waals surface area contributed by atoms with E-state index in [9.17, 15) is 9.18 Å². The van der Waals surface area contributed by atoms with Crippen molar-refractivity contribution in [1.82, 2.24) is 14.9 Å². The molecule has 1 fully saturated rings. The average molecular weight is 315 g/mol. The van der Waals surface area contributed by atoms with Crippen LogP contribution in [0.2, 0.25) is 0 Å². The molecule has 1 aromatic carbocycles. The number of likely N-dealkylation sites (tertiary alicyclic amines) is 1. The van der Waals surface area contributed by atoms with Gasteiger partial charge < -0.3 is 9.64 Å². The smallest absolute Gasteiger partial charge is 0.260 e. The molecule has 0 spiro atoms. The summed E-state index contributed by atoms with van der Waals surface area (Å²) in [7, 11) is 0. The number of carbonyl (C=O) groups excluding carboxylic acids is 1. The molecule has 0 saturated carbocycles. The molecular formula is C17H18FN3O2. The van der Waals surface area contributed by atoms with Crippen LogP contribution in [0.4, 0.5) is 4.39 Å². The Kier molecular flexibility index (Phi) is 4.50. The lowest BCUT2D eigenvalue weighted by molar-refractivity contribution is -0.132. The Morgan fingerprint density at radius 2 is 2.22 bits per heavy atom. The molecule has 5 nitrogen and oxygen atoms in total. The Hall–Kier alpha value is -2.50. The van der Waals surface area contributed by atoms with Crippen molar-refractivity contribution >= 4 is 5.91 Å². The maximum Gasteiger partial charge on any atom is 0.260 e. The number of aryl methyl sites for hydroxylation is 1. The van der Waals surface area contributed by atoms with E-state index in [1.54, 1.807) is 23.2 Å². The summed E-state index contributed by atoms with van der Waals surface area (Å²) in [4.78, 5) is 22.6. The number of hydrogen-bond acceptors (Lipinski definition) is 4. The average Bonchev–Trinajstić information content (AvgIpc) is 3.04. The van der Waals surface area contributed by atoms with E-state index in [1.807, 2.05) is 13.0 Å². The lowest BCUT2D eigenvalue weighted by atomic mass is 10.1. The van der Waals surface area contributed by atoms with Crippen LogP contribution in [-0.2, 0) is 4.79 Å². The molecule has 23 heavy (non-hydrogen) atoms. The Morgan fingerprint density at radius 3 is 3.00 bits per heavy atom. The molecule has 120 valence electrons. The number of para-hydroxylation sites is 1. The second-order valence-electron chi connectivity index (χ2n) is 5.60. The standard InChI is InChI=1S/C17H18FN3O2/c1-12-6-8-19-17(20-12)13-7-9-21(10-13)16(22)11-23-15-5-3-2-4-14(15)18/h2-6,8,13H,7,9-11H2,1H3/t13-/m0/s1. The monoisotopic (exact) mass is 315 g/mol. The van der Waals surface area contributed by atoms with E-state index in [0.717, 1.165) is 17.9 Å². The zero-order valence-corrected chi connectivity index (χ0v) is 12.9. The van der Waals surface area contributed by atoms with Gasteiger partial charge in [-0.15, -0.1) is 0 Å². The number of benzene rings is 1. The second kappa shape index (κ2) is 6.73. The SMILES string of the molecule is Cc1ccnc([C@H]2CCN(C(=O)COc3ccccc3F)C2)n1. The topological polar surface area (TPSA) is 55.3 Å². The summed E-state index contributed by atoms with van der Waals surface area (Å²) in [5, 5.41) is 0. The zero-order chi connectivity index (χ0) is 16.2. The van der Waals surface area contributed by atoms with Crippen LogP contribution < -0.4 is 4.74 Å². The Labute approximate surface area is 134 Å². The Balaban J connectivity index is 1.56. The predicted octanol–water partition coefficient (Wildman–Crippen LogP) is 2.32. The minimum Gasteiger partial charge on any atom is -0.481 e. The summed E-state index contributed by atoms with van der Waals surface area (Å²) in [6, 6.07) is 7.92. The summed E-state index contributed by atoms with van der Waals surface area (Å²) in [5.41, 5.74) is 0.919. The minimum absolute atomic E-state index is 0.0959. The Morgan fingerprint density at radius 1 is 1.39 bits per heavy atom. The molecule has 1 saturated heterocycles. The molecule has 1 atom stereocenters. The Bertz CT molecular complexity index is 708. The third-order valence-electron chi connectivity index (χ3n) is 3.91. The van der Waals surface area contributed by atoms with Crippen LogP contribution >= 0.6 is 0 Å². The fourth-order valence-electron chi connectivity index (χ4n) is 2.66. The van der Waals surface area contributed by atoms with Crippen molar-refractivity contribution in [2.45, 2.75) is 19.3 Å². The lowest BCUT2D eigenvalue weighted by Gasteiger charge is -2.16. The summed E-state index contributed by atoms with van der Waals surface area (Å²) in [6.07, 6.45) is 2.57. The number of nitrogens with zero attached hydrogens (tertiary/aromatic N) is 3.